The number of anilines is 1. The van der Waals surface area contributed by atoms with E-state index in [1.165, 1.54) is 17.7 Å². The van der Waals surface area contributed by atoms with E-state index >= 15 is 0 Å². The van der Waals surface area contributed by atoms with Crippen LogP contribution in [-0.2, 0) is 0 Å². The van der Waals surface area contributed by atoms with E-state index in [-0.39, 0.29) is 0 Å². The Morgan fingerprint density at radius 3 is 3.26 bits per heavy atom. The third kappa shape index (κ3) is 1.68. The predicted octanol–water partition coefficient (Wildman–Crippen LogP) is 2.13. The van der Waals surface area contributed by atoms with Crippen LogP contribution in [0.1, 0.15) is 13.3 Å². The maximum Gasteiger partial charge on any atom is 0.150 e. The Bertz CT molecular complexity index is 596. The molecule has 0 amide bonds. The van der Waals surface area contributed by atoms with Crippen LogP contribution in [0.3, 0.4) is 0 Å². The molecule has 2 aliphatic heterocycles. The number of hydrogen-bond acceptors (Lipinski definition) is 5. The summed E-state index contributed by atoms with van der Waals surface area (Å²) >= 11 is 1.76. The van der Waals surface area contributed by atoms with Gasteiger partial charge >= 0.3 is 0 Å². The Morgan fingerprint density at radius 1 is 1.42 bits per heavy atom. The van der Waals surface area contributed by atoms with Crippen LogP contribution in [0.25, 0.3) is 10.2 Å². The van der Waals surface area contributed by atoms with Crippen molar-refractivity contribution in [2.45, 2.75) is 19.4 Å². The molecule has 0 spiro atoms. The van der Waals surface area contributed by atoms with E-state index < -0.39 is 0 Å². The third-order valence-electron chi connectivity index (χ3n) is 4.63. The van der Waals surface area contributed by atoms with E-state index in [0.717, 1.165) is 36.3 Å². The molecule has 2 aliphatic rings. The molecule has 2 aromatic rings. The summed E-state index contributed by atoms with van der Waals surface area (Å²) in [5, 5.41) is 5.65. The van der Waals surface area contributed by atoms with Crippen LogP contribution in [-0.4, -0.2) is 35.6 Å². The van der Waals surface area contributed by atoms with Crippen molar-refractivity contribution < 1.29 is 0 Å². The monoisotopic (exact) mass is 274 g/mol. The quantitative estimate of drug-likeness (QED) is 0.911. The summed E-state index contributed by atoms with van der Waals surface area (Å²) < 4.78 is 1.24. The Kier molecular flexibility index (Phi) is 2.70. The molecule has 5 heteroatoms. The lowest BCUT2D eigenvalue weighted by Crippen LogP contribution is -2.35. The number of nitrogens with one attached hydrogen (secondary N) is 1. The van der Waals surface area contributed by atoms with E-state index in [1.54, 1.807) is 17.7 Å². The largest absolute Gasteiger partial charge is 0.352 e. The second-order valence-corrected chi connectivity index (χ2v) is 6.46. The van der Waals surface area contributed by atoms with E-state index in [4.69, 9.17) is 0 Å². The summed E-state index contributed by atoms with van der Waals surface area (Å²) in [7, 11) is 0. The highest BCUT2D eigenvalue weighted by Crippen LogP contribution is 2.39. The number of nitrogens with zero attached hydrogens (tertiary/aromatic N) is 3. The molecule has 0 aromatic carbocycles. The molecule has 1 N–H and O–H groups in total. The Morgan fingerprint density at radius 2 is 2.37 bits per heavy atom. The minimum Gasteiger partial charge on any atom is -0.352 e. The molecule has 0 aliphatic carbocycles. The van der Waals surface area contributed by atoms with Crippen molar-refractivity contribution in [1.29, 1.82) is 0 Å². The lowest BCUT2D eigenvalue weighted by Gasteiger charge is -2.28. The number of rotatable bonds is 2. The van der Waals surface area contributed by atoms with Gasteiger partial charge in [0.05, 0.1) is 10.2 Å². The van der Waals surface area contributed by atoms with E-state index in [1.807, 2.05) is 0 Å². The molecular weight excluding hydrogens is 256 g/mol. The first-order valence-corrected chi connectivity index (χ1v) is 7.92. The van der Waals surface area contributed by atoms with Crippen molar-refractivity contribution in [3.8, 4) is 0 Å². The lowest BCUT2D eigenvalue weighted by molar-refractivity contribution is 0.441. The summed E-state index contributed by atoms with van der Waals surface area (Å²) in [5.74, 6) is 2.73. The molecule has 19 heavy (non-hydrogen) atoms. The van der Waals surface area contributed by atoms with Crippen LogP contribution in [0, 0.1) is 11.8 Å². The van der Waals surface area contributed by atoms with E-state index in [9.17, 15) is 0 Å². The SMILES string of the molecule is CCC1C2CNCC2CN1c1ncnc2ccsc12. The van der Waals surface area contributed by atoms with Crippen molar-refractivity contribution in [3.05, 3.63) is 17.8 Å². The lowest BCUT2D eigenvalue weighted by atomic mass is 9.93. The minimum atomic E-state index is 0.625. The highest BCUT2D eigenvalue weighted by atomic mass is 32.1. The fourth-order valence-electron chi connectivity index (χ4n) is 3.77. The Balaban J connectivity index is 1.77. The molecule has 0 saturated carbocycles. The predicted molar refractivity (Wildman–Crippen MR) is 78.7 cm³/mol. The van der Waals surface area contributed by atoms with E-state index in [2.05, 4.69) is 38.6 Å². The third-order valence-corrected chi connectivity index (χ3v) is 5.53. The van der Waals surface area contributed by atoms with Crippen LogP contribution < -0.4 is 10.2 Å². The first-order valence-electron chi connectivity index (χ1n) is 7.04. The van der Waals surface area contributed by atoms with Gasteiger partial charge in [-0.05, 0) is 29.7 Å². The zero-order valence-electron chi connectivity index (χ0n) is 11.0. The second-order valence-electron chi connectivity index (χ2n) is 5.54. The van der Waals surface area contributed by atoms with Crippen molar-refractivity contribution in [2.24, 2.45) is 11.8 Å². The Hall–Kier alpha value is -1.20. The average Bonchev–Trinajstić information content (AvgIpc) is 3.12. The second kappa shape index (κ2) is 4.42. The standard InChI is InChI=1S/C14H18N4S/c1-2-12-10-6-15-5-9(10)7-18(12)14-13-11(3-4-19-13)16-8-17-14/h3-4,8-10,12,15H,2,5-7H2,1H3. The zero-order chi connectivity index (χ0) is 12.8. The normalized spacial score (nSPS) is 30.2. The fraction of sp³-hybridized carbons (Fsp3) is 0.571. The van der Waals surface area contributed by atoms with Crippen molar-refractivity contribution in [3.63, 3.8) is 0 Å². The number of hydrogen-bond donors (Lipinski definition) is 1. The van der Waals surface area contributed by atoms with Gasteiger partial charge in [0.25, 0.3) is 0 Å². The van der Waals surface area contributed by atoms with Gasteiger partial charge in [0.15, 0.2) is 0 Å². The van der Waals surface area contributed by atoms with Gasteiger partial charge in [0.2, 0.25) is 0 Å². The molecule has 4 nitrogen and oxygen atoms in total. The Labute approximate surface area is 116 Å². The molecule has 2 fully saturated rings. The van der Waals surface area contributed by atoms with Gasteiger partial charge < -0.3 is 10.2 Å². The maximum absolute atomic E-state index is 4.59. The van der Waals surface area contributed by atoms with Crippen LogP contribution >= 0.6 is 11.3 Å². The molecule has 3 unspecified atom stereocenters. The first kappa shape index (κ1) is 11.6. The van der Waals surface area contributed by atoms with Gasteiger partial charge in [-0.25, -0.2) is 9.97 Å². The smallest absolute Gasteiger partial charge is 0.150 e. The summed E-state index contributed by atoms with van der Waals surface area (Å²) in [5.41, 5.74) is 1.08. The molecular formula is C14H18N4S. The molecule has 4 rings (SSSR count). The summed E-state index contributed by atoms with van der Waals surface area (Å²) in [6, 6.07) is 2.71. The highest BCUT2D eigenvalue weighted by Gasteiger charge is 2.44. The van der Waals surface area contributed by atoms with Crippen LogP contribution in [0.2, 0.25) is 0 Å². The van der Waals surface area contributed by atoms with Gasteiger partial charge in [-0.3, -0.25) is 0 Å². The first-order chi connectivity index (χ1) is 9.38. The average molecular weight is 274 g/mol. The summed E-state index contributed by atoms with van der Waals surface area (Å²) in [6.45, 7) is 5.76. The van der Waals surface area contributed by atoms with E-state index in [0.29, 0.717) is 6.04 Å². The number of aromatic nitrogens is 2. The molecule has 100 valence electrons. The van der Waals surface area contributed by atoms with Crippen molar-refractivity contribution >= 4 is 27.4 Å². The molecule has 3 atom stereocenters. The fourth-order valence-corrected chi connectivity index (χ4v) is 4.62. The van der Waals surface area contributed by atoms with Crippen molar-refractivity contribution in [1.82, 2.24) is 15.3 Å². The summed E-state index contributed by atoms with van der Waals surface area (Å²) in [6.07, 6.45) is 2.91. The molecule has 2 saturated heterocycles. The van der Waals surface area contributed by atoms with Gasteiger partial charge in [-0.2, -0.15) is 0 Å². The van der Waals surface area contributed by atoms with Crippen molar-refractivity contribution in [2.75, 3.05) is 24.5 Å². The zero-order valence-corrected chi connectivity index (χ0v) is 11.9. The summed E-state index contributed by atoms with van der Waals surface area (Å²) in [4.78, 5) is 11.5. The van der Waals surface area contributed by atoms with Crippen LogP contribution in [0.5, 0.6) is 0 Å². The number of thiophene rings is 1. The molecule has 2 aromatic heterocycles. The number of fused-ring (bicyclic) bond motifs is 2. The van der Waals surface area contributed by atoms with Crippen LogP contribution in [0.4, 0.5) is 5.82 Å². The molecule has 0 bridgehead atoms. The van der Waals surface area contributed by atoms with Gasteiger partial charge in [-0.1, -0.05) is 6.92 Å². The molecule has 4 heterocycles. The van der Waals surface area contributed by atoms with Gasteiger partial charge in [-0.15, -0.1) is 11.3 Å². The molecule has 0 radical (unpaired) electrons. The topological polar surface area (TPSA) is 41.0 Å². The van der Waals surface area contributed by atoms with Gasteiger partial charge in [0, 0.05) is 25.7 Å². The maximum atomic E-state index is 4.59. The minimum absolute atomic E-state index is 0.625. The van der Waals surface area contributed by atoms with Crippen LogP contribution in [0.15, 0.2) is 17.8 Å². The van der Waals surface area contributed by atoms with Gasteiger partial charge in [0.1, 0.15) is 12.1 Å². The highest BCUT2D eigenvalue weighted by molar-refractivity contribution is 7.17.